The maximum Gasteiger partial charge on any atom is 0.429 e. The molecule has 0 aliphatic carbocycles. The van der Waals surface area contributed by atoms with Crippen LogP contribution in [0.15, 0.2) is 54.6 Å². The Kier molecular flexibility index (Phi) is 7.06. The normalized spacial score (nSPS) is 19.7. The van der Waals surface area contributed by atoms with E-state index in [-0.39, 0.29) is 22.8 Å². The number of nitrogen functional groups attached to an aromatic ring is 1. The number of carboxylic acid groups (broad SMARTS) is 1. The third-order valence-electron chi connectivity index (χ3n) is 7.42. The first kappa shape index (κ1) is 26.7. The monoisotopic (exact) mass is 545 g/mol. The van der Waals surface area contributed by atoms with Crippen molar-refractivity contribution in [3.8, 4) is 17.0 Å². The van der Waals surface area contributed by atoms with Crippen LogP contribution in [0.3, 0.4) is 0 Å². The molecule has 3 aromatic rings. The van der Waals surface area contributed by atoms with Crippen LogP contribution in [0.2, 0.25) is 0 Å². The van der Waals surface area contributed by atoms with Crippen molar-refractivity contribution in [2.45, 2.75) is 37.6 Å². The Morgan fingerprint density at radius 1 is 1.10 bits per heavy atom. The van der Waals surface area contributed by atoms with Crippen LogP contribution in [-0.4, -0.2) is 52.9 Å². The van der Waals surface area contributed by atoms with Gasteiger partial charge in [-0.25, -0.2) is 4.39 Å². The molecule has 2 aliphatic heterocycles. The van der Waals surface area contributed by atoms with E-state index in [0.29, 0.717) is 55.8 Å². The van der Waals surface area contributed by atoms with E-state index >= 15 is 0 Å². The van der Waals surface area contributed by atoms with Crippen molar-refractivity contribution in [1.29, 1.82) is 0 Å². The fourth-order valence-corrected chi connectivity index (χ4v) is 5.30. The Balaban J connectivity index is 1.32. The molecule has 206 valence electrons. The number of rotatable bonds is 6. The molecule has 12 heteroatoms. The van der Waals surface area contributed by atoms with Gasteiger partial charge in [0, 0.05) is 31.3 Å². The lowest BCUT2D eigenvalue weighted by molar-refractivity contribution is -0.198. The number of hydrogen-bond donors (Lipinski definition) is 3. The number of aliphatic carboxylic acids is 1. The van der Waals surface area contributed by atoms with Crippen molar-refractivity contribution in [3.63, 3.8) is 0 Å². The number of carbonyl (C=O) groups is 1. The number of halogens is 4. The van der Waals surface area contributed by atoms with E-state index in [2.05, 4.69) is 15.3 Å². The highest BCUT2D eigenvalue weighted by Crippen LogP contribution is 2.41. The molecule has 2 aromatic carbocycles. The lowest BCUT2D eigenvalue weighted by atomic mass is 9.76. The van der Waals surface area contributed by atoms with Crippen LogP contribution in [0.1, 0.15) is 30.9 Å². The molecule has 1 spiro atoms. The van der Waals surface area contributed by atoms with Crippen LogP contribution in [0.25, 0.3) is 11.1 Å². The molecule has 0 amide bonds. The van der Waals surface area contributed by atoms with Gasteiger partial charge in [0.1, 0.15) is 17.7 Å². The van der Waals surface area contributed by atoms with E-state index < -0.39 is 30.1 Å². The Morgan fingerprint density at radius 3 is 2.44 bits per heavy atom. The van der Waals surface area contributed by atoms with Gasteiger partial charge in [-0.1, -0.05) is 36.4 Å². The van der Waals surface area contributed by atoms with Crippen LogP contribution < -0.4 is 20.7 Å². The zero-order chi connectivity index (χ0) is 27.8. The number of carboxylic acids is 1. The summed E-state index contributed by atoms with van der Waals surface area (Å²) in [5, 5.41) is 12.3. The minimum atomic E-state index is -4.76. The summed E-state index contributed by atoms with van der Waals surface area (Å²) in [5.74, 6) is -1.52. The van der Waals surface area contributed by atoms with Gasteiger partial charge in [-0.3, -0.25) is 4.79 Å². The number of nitrogens with zero attached hydrogens (tertiary/aromatic N) is 3. The summed E-state index contributed by atoms with van der Waals surface area (Å²) in [6.45, 7) is 1.67. The van der Waals surface area contributed by atoms with Gasteiger partial charge in [-0.05, 0) is 47.9 Å². The minimum Gasteiger partial charge on any atom is -0.480 e. The van der Waals surface area contributed by atoms with E-state index in [4.69, 9.17) is 10.5 Å². The largest absolute Gasteiger partial charge is 0.480 e. The molecule has 39 heavy (non-hydrogen) atoms. The predicted octanol–water partition coefficient (Wildman–Crippen LogP) is 4.58. The summed E-state index contributed by atoms with van der Waals surface area (Å²) < 4.78 is 61.1. The highest BCUT2D eigenvalue weighted by Gasteiger charge is 2.45. The number of ether oxygens (including phenoxy) is 1. The maximum absolute atomic E-state index is 14.1. The number of piperidine rings is 1. The zero-order valence-corrected chi connectivity index (χ0v) is 20.8. The summed E-state index contributed by atoms with van der Waals surface area (Å²) in [5.41, 5.74) is 6.64. The van der Waals surface area contributed by atoms with Crippen molar-refractivity contribution in [3.05, 3.63) is 66.0 Å². The molecule has 2 atom stereocenters. The van der Waals surface area contributed by atoms with Crippen LogP contribution in [0.5, 0.6) is 5.88 Å². The quantitative estimate of drug-likeness (QED) is 0.386. The highest BCUT2D eigenvalue weighted by molar-refractivity contribution is 5.74. The Morgan fingerprint density at radius 2 is 1.82 bits per heavy atom. The van der Waals surface area contributed by atoms with E-state index in [1.807, 2.05) is 4.90 Å². The molecule has 3 heterocycles. The zero-order valence-electron chi connectivity index (χ0n) is 20.8. The van der Waals surface area contributed by atoms with Gasteiger partial charge < -0.3 is 25.8 Å². The van der Waals surface area contributed by atoms with E-state index in [9.17, 15) is 27.5 Å². The number of alkyl halides is 3. The maximum atomic E-state index is 14.1. The third kappa shape index (κ3) is 5.90. The molecule has 5 rings (SSSR count). The van der Waals surface area contributed by atoms with Gasteiger partial charge in [0.15, 0.2) is 0 Å². The van der Waals surface area contributed by atoms with Crippen molar-refractivity contribution >= 4 is 17.7 Å². The first-order valence-electron chi connectivity index (χ1n) is 12.5. The second-order valence-corrected chi connectivity index (χ2v) is 10.1. The van der Waals surface area contributed by atoms with Crippen molar-refractivity contribution in [2.24, 2.45) is 5.41 Å². The molecule has 0 radical (unpaired) electrons. The molecule has 2 aliphatic rings. The minimum absolute atomic E-state index is 0.142. The van der Waals surface area contributed by atoms with Crippen LogP contribution in [0.4, 0.5) is 29.3 Å². The van der Waals surface area contributed by atoms with Gasteiger partial charge >= 0.3 is 12.1 Å². The number of anilines is 2. The van der Waals surface area contributed by atoms with Crippen LogP contribution >= 0.6 is 0 Å². The number of aromatic nitrogens is 2. The molecule has 0 saturated carbocycles. The Hall–Kier alpha value is -3.93. The van der Waals surface area contributed by atoms with E-state index in [1.165, 1.54) is 48.5 Å². The van der Waals surface area contributed by atoms with Gasteiger partial charge in [0.05, 0.1) is 0 Å². The fourth-order valence-electron chi connectivity index (χ4n) is 5.30. The predicted molar refractivity (Wildman–Crippen MR) is 136 cm³/mol. The SMILES string of the molecule is Nc1nc(OC(c2ccc(-c3cccc(F)c3)cc2)C(F)(F)F)cc(N2CCC3(CC2)CN[C@H](C(=O)O)C3)n1. The molecule has 1 unspecified atom stereocenters. The second kappa shape index (κ2) is 10.3. The Labute approximate surface area is 221 Å². The molecule has 0 bridgehead atoms. The molecule has 2 fully saturated rings. The average molecular weight is 546 g/mol. The van der Waals surface area contributed by atoms with Gasteiger partial charge in [-0.15, -0.1) is 0 Å². The summed E-state index contributed by atoms with van der Waals surface area (Å²) in [6, 6.07) is 12.1. The van der Waals surface area contributed by atoms with Crippen molar-refractivity contribution in [2.75, 3.05) is 30.3 Å². The number of nitrogens with two attached hydrogens (primary N) is 1. The van der Waals surface area contributed by atoms with Crippen LogP contribution in [-0.2, 0) is 4.79 Å². The molecule has 2 saturated heterocycles. The first-order chi connectivity index (χ1) is 18.5. The fraction of sp³-hybridized carbons (Fsp3) is 0.370. The second-order valence-electron chi connectivity index (χ2n) is 10.1. The van der Waals surface area contributed by atoms with Gasteiger partial charge in [0.25, 0.3) is 0 Å². The topological polar surface area (TPSA) is 114 Å². The third-order valence-corrected chi connectivity index (χ3v) is 7.42. The number of nitrogens with one attached hydrogen (secondary N) is 1. The van der Waals surface area contributed by atoms with E-state index in [1.54, 1.807) is 6.07 Å². The standard InChI is InChI=1S/C27H27F4N5O3/c28-19-3-1-2-18(12-19)16-4-6-17(7-5-16)23(27(29,30)31)39-22-13-21(34-25(32)35-22)36-10-8-26(9-11-36)14-20(24(37)38)33-15-26/h1-7,12-13,20,23,33H,8-11,14-15H2,(H,37,38)(H2,32,34,35)/t20-,23?/m0/s1. The summed E-state index contributed by atoms with van der Waals surface area (Å²) in [4.78, 5) is 21.3. The summed E-state index contributed by atoms with van der Waals surface area (Å²) in [6.07, 6.45) is -5.14. The van der Waals surface area contributed by atoms with Gasteiger partial charge in [-0.2, -0.15) is 23.1 Å². The molecular formula is C27H27F4N5O3. The highest BCUT2D eigenvalue weighted by atomic mass is 19.4. The lowest BCUT2D eigenvalue weighted by Gasteiger charge is -2.39. The summed E-state index contributed by atoms with van der Waals surface area (Å²) in [7, 11) is 0. The number of benzene rings is 2. The average Bonchev–Trinajstić information content (AvgIpc) is 3.31. The van der Waals surface area contributed by atoms with Crippen molar-refractivity contribution in [1.82, 2.24) is 15.3 Å². The van der Waals surface area contributed by atoms with Crippen molar-refractivity contribution < 1.29 is 32.2 Å². The van der Waals surface area contributed by atoms with E-state index in [0.717, 1.165) is 0 Å². The smallest absolute Gasteiger partial charge is 0.429 e. The molecular weight excluding hydrogens is 518 g/mol. The Bertz CT molecular complexity index is 1340. The lowest BCUT2D eigenvalue weighted by Crippen LogP contribution is -2.41. The molecule has 4 N–H and O–H groups in total. The van der Waals surface area contributed by atoms with Gasteiger partial charge in [0.2, 0.25) is 17.9 Å². The first-order valence-corrected chi connectivity index (χ1v) is 12.5. The summed E-state index contributed by atoms with van der Waals surface area (Å²) >= 11 is 0. The number of hydrogen-bond acceptors (Lipinski definition) is 7. The van der Waals surface area contributed by atoms with Crippen LogP contribution in [0, 0.1) is 11.2 Å². The molecule has 8 nitrogen and oxygen atoms in total. The molecule has 1 aromatic heterocycles.